The molecule has 2 aromatic carbocycles. The standard InChI is InChI=1S/C22H20F3N3O3S/c1-31-11-9-26-19(29)16-7-5-15(6-8-16)14-28-10-12-32-21(28)27-20(30)17-3-2-4-18(13-17)22(23,24)25/h2-8,10,12-13H,9,11,14H2,1H3,(H,26,29). The molecule has 2 amide bonds. The zero-order valence-electron chi connectivity index (χ0n) is 17.1. The van der Waals surface area contributed by atoms with Gasteiger partial charge in [0.15, 0.2) is 4.80 Å². The molecule has 3 rings (SSSR count). The van der Waals surface area contributed by atoms with Crippen LogP contribution in [-0.2, 0) is 17.5 Å². The monoisotopic (exact) mass is 463 g/mol. The molecular formula is C22H20F3N3O3S. The molecule has 6 nitrogen and oxygen atoms in total. The number of nitrogens with zero attached hydrogens (tertiary/aromatic N) is 2. The van der Waals surface area contributed by atoms with E-state index in [9.17, 15) is 22.8 Å². The Bertz CT molecular complexity index is 1150. The maximum absolute atomic E-state index is 12.9. The van der Waals surface area contributed by atoms with Crippen LogP contribution in [0.25, 0.3) is 0 Å². The quantitative estimate of drug-likeness (QED) is 0.543. The highest BCUT2D eigenvalue weighted by Gasteiger charge is 2.30. The summed E-state index contributed by atoms with van der Waals surface area (Å²) < 4.78 is 45.3. The lowest BCUT2D eigenvalue weighted by Gasteiger charge is -2.07. The van der Waals surface area contributed by atoms with Crippen LogP contribution in [0.4, 0.5) is 13.2 Å². The second-order valence-corrected chi connectivity index (χ2v) is 7.63. The lowest BCUT2D eigenvalue weighted by Crippen LogP contribution is -2.26. The van der Waals surface area contributed by atoms with Crippen molar-refractivity contribution in [3.05, 3.63) is 87.2 Å². The van der Waals surface area contributed by atoms with E-state index < -0.39 is 17.6 Å². The first-order valence-corrected chi connectivity index (χ1v) is 10.4. The fourth-order valence-corrected chi connectivity index (χ4v) is 3.54. The molecule has 32 heavy (non-hydrogen) atoms. The summed E-state index contributed by atoms with van der Waals surface area (Å²) in [5, 5.41) is 4.47. The third kappa shape index (κ3) is 6.14. The number of carbonyl (C=O) groups excluding carboxylic acids is 2. The molecule has 3 aromatic rings. The van der Waals surface area contributed by atoms with E-state index in [-0.39, 0.29) is 11.5 Å². The van der Waals surface area contributed by atoms with Gasteiger partial charge in [-0.25, -0.2) is 0 Å². The number of hydrogen-bond acceptors (Lipinski definition) is 4. The summed E-state index contributed by atoms with van der Waals surface area (Å²) in [4.78, 5) is 28.8. The van der Waals surface area contributed by atoms with Crippen molar-refractivity contribution in [2.75, 3.05) is 20.3 Å². The number of benzene rings is 2. The van der Waals surface area contributed by atoms with Gasteiger partial charge < -0.3 is 14.6 Å². The summed E-state index contributed by atoms with van der Waals surface area (Å²) in [5.41, 5.74) is 0.335. The van der Waals surface area contributed by atoms with Crippen molar-refractivity contribution in [1.82, 2.24) is 9.88 Å². The van der Waals surface area contributed by atoms with Gasteiger partial charge in [-0.05, 0) is 35.9 Å². The van der Waals surface area contributed by atoms with E-state index in [0.29, 0.717) is 30.1 Å². The number of aromatic nitrogens is 1. The van der Waals surface area contributed by atoms with Crippen molar-refractivity contribution in [3.63, 3.8) is 0 Å². The molecule has 1 aromatic heterocycles. The highest BCUT2D eigenvalue weighted by Crippen LogP contribution is 2.29. The van der Waals surface area contributed by atoms with Crippen molar-refractivity contribution < 1.29 is 27.5 Å². The van der Waals surface area contributed by atoms with Crippen LogP contribution in [0.2, 0.25) is 0 Å². The van der Waals surface area contributed by atoms with E-state index in [4.69, 9.17) is 4.74 Å². The molecule has 0 spiro atoms. The maximum Gasteiger partial charge on any atom is 0.416 e. The molecule has 0 bridgehead atoms. The molecule has 0 saturated carbocycles. The average molecular weight is 463 g/mol. The molecule has 0 fully saturated rings. The molecule has 0 aliphatic carbocycles. The number of ether oxygens (including phenoxy) is 1. The summed E-state index contributed by atoms with van der Waals surface area (Å²) in [6, 6.07) is 11.1. The zero-order chi connectivity index (χ0) is 23.1. The summed E-state index contributed by atoms with van der Waals surface area (Å²) >= 11 is 1.20. The minimum absolute atomic E-state index is 0.136. The van der Waals surface area contributed by atoms with Crippen LogP contribution in [0.3, 0.4) is 0 Å². The van der Waals surface area contributed by atoms with Crippen LogP contribution in [-0.4, -0.2) is 36.6 Å². The lowest BCUT2D eigenvalue weighted by molar-refractivity contribution is -0.137. The van der Waals surface area contributed by atoms with Crippen molar-refractivity contribution in [2.45, 2.75) is 12.7 Å². The lowest BCUT2D eigenvalue weighted by atomic mass is 10.1. The molecule has 10 heteroatoms. The molecule has 0 radical (unpaired) electrons. The summed E-state index contributed by atoms with van der Waals surface area (Å²) in [5.74, 6) is -0.963. The first-order valence-electron chi connectivity index (χ1n) is 9.54. The van der Waals surface area contributed by atoms with Gasteiger partial charge in [0, 0.05) is 42.9 Å². The van der Waals surface area contributed by atoms with Crippen molar-refractivity contribution >= 4 is 23.2 Å². The minimum atomic E-state index is -4.54. The van der Waals surface area contributed by atoms with Crippen LogP contribution in [0.15, 0.2) is 65.1 Å². The molecular weight excluding hydrogens is 443 g/mol. The first-order chi connectivity index (χ1) is 15.3. The number of amides is 2. The number of nitrogens with one attached hydrogen (secondary N) is 1. The van der Waals surface area contributed by atoms with E-state index in [0.717, 1.165) is 17.7 Å². The van der Waals surface area contributed by atoms with Crippen molar-refractivity contribution in [2.24, 2.45) is 4.99 Å². The number of halogens is 3. The van der Waals surface area contributed by atoms with E-state index >= 15 is 0 Å². The van der Waals surface area contributed by atoms with Crippen LogP contribution in [0.5, 0.6) is 0 Å². The van der Waals surface area contributed by atoms with Gasteiger partial charge in [-0.1, -0.05) is 18.2 Å². The van der Waals surface area contributed by atoms with Gasteiger partial charge in [0.05, 0.1) is 12.2 Å². The highest BCUT2D eigenvalue weighted by molar-refractivity contribution is 7.07. The van der Waals surface area contributed by atoms with E-state index in [1.807, 2.05) is 0 Å². The van der Waals surface area contributed by atoms with E-state index in [2.05, 4.69) is 10.3 Å². The second kappa shape index (κ2) is 10.4. The topological polar surface area (TPSA) is 72.7 Å². The summed E-state index contributed by atoms with van der Waals surface area (Å²) in [7, 11) is 1.55. The SMILES string of the molecule is COCCNC(=O)c1ccc(Cn2ccsc2=NC(=O)c2cccc(C(F)(F)F)c2)cc1. The maximum atomic E-state index is 12.9. The van der Waals surface area contributed by atoms with Gasteiger partial charge in [-0.3, -0.25) is 9.59 Å². The minimum Gasteiger partial charge on any atom is -0.383 e. The van der Waals surface area contributed by atoms with Crippen LogP contribution >= 0.6 is 11.3 Å². The van der Waals surface area contributed by atoms with Crippen LogP contribution < -0.4 is 10.1 Å². The Morgan fingerprint density at radius 2 is 1.88 bits per heavy atom. The molecule has 0 saturated heterocycles. The Balaban J connectivity index is 1.74. The fraction of sp³-hybridized carbons (Fsp3) is 0.227. The molecule has 0 unspecified atom stereocenters. The average Bonchev–Trinajstić information content (AvgIpc) is 3.20. The molecule has 1 heterocycles. The number of carbonyl (C=O) groups is 2. The van der Waals surface area contributed by atoms with Gasteiger partial charge in [0.1, 0.15) is 0 Å². The predicted molar refractivity (Wildman–Crippen MR) is 113 cm³/mol. The molecule has 1 N–H and O–H groups in total. The second-order valence-electron chi connectivity index (χ2n) is 6.75. The molecule has 0 aliphatic heterocycles. The molecule has 0 aliphatic rings. The largest absolute Gasteiger partial charge is 0.416 e. The number of hydrogen-bond donors (Lipinski definition) is 1. The molecule has 0 atom stereocenters. The Hall–Kier alpha value is -3.24. The number of thiazole rings is 1. The van der Waals surface area contributed by atoms with Gasteiger partial charge in [0.25, 0.3) is 11.8 Å². The van der Waals surface area contributed by atoms with Gasteiger partial charge in [-0.2, -0.15) is 18.2 Å². The smallest absolute Gasteiger partial charge is 0.383 e. The van der Waals surface area contributed by atoms with Gasteiger partial charge in [-0.15, -0.1) is 11.3 Å². The van der Waals surface area contributed by atoms with Gasteiger partial charge in [0.2, 0.25) is 0 Å². The van der Waals surface area contributed by atoms with E-state index in [1.54, 1.807) is 47.5 Å². The summed E-state index contributed by atoms with van der Waals surface area (Å²) in [6.07, 6.45) is -2.81. The Morgan fingerprint density at radius 3 is 2.56 bits per heavy atom. The summed E-state index contributed by atoms with van der Waals surface area (Å²) in [6.45, 7) is 1.21. The molecule has 168 valence electrons. The van der Waals surface area contributed by atoms with E-state index in [1.165, 1.54) is 23.5 Å². The third-order valence-corrected chi connectivity index (χ3v) is 5.25. The zero-order valence-corrected chi connectivity index (χ0v) is 17.9. The number of rotatable bonds is 7. The Kier molecular flexibility index (Phi) is 7.60. The first kappa shape index (κ1) is 23.4. The highest BCUT2D eigenvalue weighted by atomic mass is 32.1. The Labute approximate surface area is 186 Å². The fourth-order valence-electron chi connectivity index (χ4n) is 2.81. The van der Waals surface area contributed by atoms with Crippen molar-refractivity contribution in [3.8, 4) is 0 Å². The Morgan fingerprint density at radius 1 is 1.12 bits per heavy atom. The van der Waals surface area contributed by atoms with Crippen LogP contribution in [0.1, 0.15) is 31.8 Å². The number of methoxy groups -OCH3 is 1. The third-order valence-electron chi connectivity index (χ3n) is 4.45. The van der Waals surface area contributed by atoms with Crippen LogP contribution in [0, 0.1) is 0 Å². The normalized spacial score (nSPS) is 12.1. The van der Waals surface area contributed by atoms with Gasteiger partial charge >= 0.3 is 6.18 Å². The predicted octanol–water partition coefficient (Wildman–Crippen LogP) is 3.73. The number of alkyl halides is 3. The van der Waals surface area contributed by atoms with Crippen molar-refractivity contribution in [1.29, 1.82) is 0 Å².